The number of nitrogens with one attached hydrogen (secondary N) is 2. The summed E-state index contributed by atoms with van der Waals surface area (Å²) >= 11 is 0. The van der Waals surface area contributed by atoms with E-state index in [-0.39, 0.29) is 29.8 Å². The van der Waals surface area contributed by atoms with Gasteiger partial charge in [0.05, 0.1) is 23.7 Å². The molecule has 5 rings (SSSR count). The molecule has 2 aliphatic rings. The van der Waals surface area contributed by atoms with Crippen molar-refractivity contribution in [2.24, 2.45) is 18.4 Å². The Hall–Kier alpha value is -2.93. The first-order valence-corrected chi connectivity index (χ1v) is 12.3. The number of aromatic nitrogens is 3. The van der Waals surface area contributed by atoms with Crippen LogP contribution in [0, 0.1) is 18.3 Å². The van der Waals surface area contributed by atoms with Crippen molar-refractivity contribution < 1.29 is 14.7 Å². The molecule has 2 heterocycles. The number of ketones is 1. The number of amides is 1. The van der Waals surface area contributed by atoms with Crippen LogP contribution in [0.4, 0.5) is 0 Å². The molecule has 0 aliphatic heterocycles. The molecule has 1 aromatic carbocycles. The van der Waals surface area contributed by atoms with Gasteiger partial charge in [-0.2, -0.15) is 0 Å². The fourth-order valence-corrected chi connectivity index (χ4v) is 5.44. The fraction of sp³-hybridized carbons (Fsp3) is 0.519. The molecule has 0 spiro atoms. The summed E-state index contributed by atoms with van der Waals surface area (Å²) in [5.41, 5.74) is 5.28. The Morgan fingerprint density at radius 1 is 1.32 bits per heavy atom. The Kier molecular flexibility index (Phi) is 5.63. The van der Waals surface area contributed by atoms with Gasteiger partial charge in [-0.15, -0.1) is 0 Å². The Bertz CT molecular complexity index is 1280. The van der Waals surface area contributed by atoms with Gasteiger partial charge >= 0.3 is 0 Å². The highest BCUT2D eigenvalue weighted by Gasteiger charge is 2.36. The van der Waals surface area contributed by atoms with Gasteiger partial charge in [0.25, 0.3) is 5.91 Å². The van der Waals surface area contributed by atoms with Crippen LogP contribution in [0.5, 0.6) is 0 Å². The number of nitrogens with zero attached hydrogens (tertiary/aromatic N) is 2. The number of carbonyl (C=O) groups is 2. The minimum atomic E-state index is -0.241. The number of aryl methyl sites for hydroxylation is 1. The van der Waals surface area contributed by atoms with E-state index in [1.165, 1.54) is 12.8 Å². The highest BCUT2D eigenvalue weighted by molar-refractivity contribution is 6.04. The van der Waals surface area contributed by atoms with E-state index in [4.69, 9.17) is 4.98 Å². The quantitative estimate of drug-likeness (QED) is 0.481. The number of hydrogen-bond donors (Lipinski definition) is 3. The van der Waals surface area contributed by atoms with Gasteiger partial charge in [0.1, 0.15) is 11.5 Å². The maximum Gasteiger partial charge on any atom is 0.268 e. The van der Waals surface area contributed by atoms with E-state index in [1.807, 2.05) is 36.7 Å². The van der Waals surface area contributed by atoms with Crippen molar-refractivity contribution in [2.75, 3.05) is 0 Å². The molecule has 34 heavy (non-hydrogen) atoms. The molecule has 0 bridgehead atoms. The lowest BCUT2D eigenvalue weighted by atomic mass is 9.75. The second-order valence-electron chi connectivity index (χ2n) is 11.0. The van der Waals surface area contributed by atoms with E-state index in [2.05, 4.69) is 24.1 Å². The molecule has 7 nitrogen and oxygen atoms in total. The summed E-state index contributed by atoms with van der Waals surface area (Å²) in [6.45, 7) is 6.01. The average molecular weight is 463 g/mol. The van der Waals surface area contributed by atoms with E-state index in [9.17, 15) is 14.7 Å². The van der Waals surface area contributed by atoms with Crippen LogP contribution < -0.4 is 5.32 Å². The average Bonchev–Trinajstić information content (AvgIpc) is 3.47. The predicted molar refractivity (Wildman–Crippen MR) is 131 cm³/mol. The second-order valence-corrected chi connectivity index (χ2v) is 11.0. The first-order valence-electron chi connectivity index (χ1n) is 12.3. The van der Waals surface area contributed by atoms with Crippen molar-refractivity contribution in [1.29, 1.82) is 0 Å². The lowest BCUT2D eigenvalue weighted by Gasteiger charge is -2.28. The number of hydrogen-bond acceptors (Lipinski definition) is 4. The first-order chi connectivity index (χ1) is 16.2. The third-order valence-corrected chi connectivity index (χ3v) is 7.47. The Balaban J connectivity index is 1.46. The van der Waals surface area contributed by atoms with Crippen molar-refractivity contribution >= 4 is 22.7 Å². The van der Waals surface area contributed by atoms with Crippen molar-refractivity contribution in [2.45, 2.75) is 71.9 Å². The lowest BCUT2D eigenvalue weighted by Crippen LogP contribution is -2.31. The zero-order valence-electron chi connectivity index (χ0n) is 20.5. The Morgan fingerprint density at radius 3 is 2.79 bits per heavy atom. The van der Waals surface area contributed by atoms with Crippen molar-refractivity contribution in [1.82, 2.24) is 19.9 Å². The summed E-state index contributed by atoms with van der Waals surface area (Å²) in [7, 11) is 1.97. The van der Waals surface area contributed by atoms with Crippen LogP contribution in [-0.2, 0) is 20.1 Å². The highest BCUT2D eigenvalue weighted by Crippen LogP contribution is 2.38. The van der Waals surface area contributed by atoms with E-state index in [0.29, 0.717) is 17.7 Å². The van der Waals surface area contributed by atoms with Gasteiger partial charge in [0.15, 0.2) is 5.78 Å². The number of Topliss-reactive ketones (excluding diaryl/α,β-unsaturated/α-hetero) is 1. The van der Waals surface area contributed by atoms with Gasteiger partial charge in [-0.05, 0) is 60.8 Å². The number of benzene rings is 1. The summed E-state index contributed by atoms with van der Waals surface area (Å²) in [6.07, 6.45) is 5.62. The maximum absolute atomic E-state index is 13.5. The predicted octanol–water partition coefficient (Wildman–Crippen LogP) is 4.52. The molecule has 180 valence electrons. The number of aliphatic hydroxyl groups is 1. The molecule has 1 saturated carbocycles. The number of H-pyrrole nitrogens is 1. The number of imidazole rings is 1. The SMILES string of the molecule is Cc1c(C(=O)NC(CCC2CC2)c2nc3cc(CO)ccc3n2C)[nH]c2c1C(=O)CC(C)(C)C2. The van der Waals surface area contributed by atoms with Crippen molar-refractivity contribution in [3.05, 3.63) is 52.1 Å². The largest absolute Gasteiger partial charge is 0.392 e. The molecule has 2 aliphatic carbocycles. The topological polar surface area (TPSA) is 100 Å². The standard InChI is InChI=1S/C27H34N4O3/c1-15-23-20(12-27(2,3)13-22(23)33)28-24(15)26(34)30-18(9-7-16-5-6-16)25-29-19-11-17(14-32)8-10-21(19)31(25)4/h8,10-11,16,18,28,32H,5-7,9,12-14H2,1-4H3,(H,30,34). The first kappa shape index (κ1) is 22.8. The highest BCUT2D eigenvalue weighted by atomic mass is 16.3. The van der Waals surface area contributed by atoms with Crippen LogP contribution in [0.2, 0.25) is 0 Å². The second kappa shape index (κ2) is 8.38. The normalized spacial score (nSPS) is 18.2. The van der Waals surface area contributed by atoms with Gasteiger partial charge in [-0.3, -0.25) is 9.59 Å². The molecule has 1 atom stereocenters. The number of aromatic amines is 1. The van der Waals surface area contributed by atoms with E-state index < -0.39 is 0 Å². The molecular formula is C27H34N4O3. The molecule has 1 unspecified atom stereocenters. The zero-order valence-corrected chi connectivity index (χ0v) is 20.5. The molecule has 3 aromatic rings. The van der Waals surface area contributed by atoms with Crippen LogP contribution in [0.3, 0.4) is 0 Å². The monoisotopic (exact) mass is 462 g/mol. The van der Waals surface area contributed by atoms with Gasteiger partial charge in [-0.25, -0.2) is 4.98 Å². The number of rotatable bonds is 7. The molecule has 3 N–H and O–H groups in total. The minimum absolute atomic E-state index is 0.0318. The van der Waals surface area contributed by atoms with Gasteiger partial charge < -0.3 is 20.0 Å². The van der Waals surface area contributed by atoms with E-state index >= 15 is 0 Å². The number of carbonyl (C=O) groups excluding carboxylic acids is 2. The third-order valence-electron chi connectivity index (χ3n) is 7.47. The summed E-state index contributed by atoms with van der Waals surface area (Å²) < 4.78 is 2.03. The fourth-order valence-electron chi connectivity index (χ4n) is 5.44. The molecule has 7 heteroatoms. The molecule has 0 saturated heterocycles. The number of fused-ring (bicyclic) bond motifs is 2. The molecular weight excluding hydrogens is 428 g/mol. The van der Waals surface area contributed by atoms with Crippen LogP contribution in [-0.4, -0.2) is 31.3 Å². The van der Waals surface area contributed by atoms with Gasteiger partial charge in [-0.1, -0.05) is 32.8 Å². The molecule has 2 aromatic heterocycles. The van der Waals surface area contributed by atoms with E-state index in [1.54, 1.807) is 0 Å². The van der Waals surface area contributed by atoms with Crippen molar-refractivity contribution in [3.8, 4) is 0 Å². The van der Waals surface area contributed by atoms with Crippen molar-refractivity contribution in [3.63, 3.8) is 0 Å². The lowest BCUT2D eigenvalue weighted by molar-refractivity contribution is 0.0908. The Labute approximate surface area is 200 Å². The smallest absolute Gasteiger partial charge is 0.268 e. The summed E-state index contributed by atoms with van der Waals surface area (Å²) in [5, 5.41) is 12.7. The molecule has 1 fully saturated rings. The summed E-state index contributed by atoms with van der Waals surface area (Å²) in [6, 6.07) is 5.52. The zero-order chi connectivity index (χ0) is 24.2. The van der Waals surface area contributed by atoms with E-state index in [0.717, 1.165) is 58.9 Å². The Morgan fingerprint density at radius 2 is 2.09 bits per heavy atom. The van der Waals surface area contributed by atoms with Crippen LogP contribution in [0.25, 0.3) is 11.0 Å². The third kappa shape index (κ3) is 4.17. The van der Waals surface area contributed by atoms with Crippen LogP contribution >= 0.6 is 0 Å². The minimum Gasteiger partial charge on any atom is -0.392 e. The summed E-state index contributed by atoms with van der Waals surface area (Å²) in [5.74, 6) is 1.46. The molecule has 1 amide bonds. The molecule has 0 radical (unpaired) electrons. The van der Waals surface area contributed by atoms with Gasteiger partial charge in [0, 0.05) is 24.7 Å². The maximum atomic E-state index is 13.5. The van der Waals surface area contributed by atoms with Gasteiger partial charge in [0.2, 0.25) is 0 Å². The van der Waals surface area contributed by atoms with Crippen LogP contribution in [0.15, 0.2) is 18.2 Å². The van der Waals surface area contributed by atoms with Crippen LogP contribution in [0.1, 0.15) is 95.5 Å². The number of aliphatic hydroxyl groups excluding tert-OH is 1. The summed E-state index contributed by atoms with van der Waals surface area (Å²) in [4.78, 5) is 34.4.